The number of nitro benzene ring substituents is 1. The molecule has 64 valence electrons. The van der Waals surface area contributed by atoms with Crippen molar-refractivity contribution in [2.24, 2.45) is 0 Å². The first-order valence-corrected chi connectivity index (χ1v) is 4.40. The van der Waals surface area contributed by atoms with Crippen molar-refractivity contribution in [2.45, 2.75) is 11.8 Å². The third kappa shape index (κ3) is 1.78. The maximum atomic E-state index is 10.4. The highest BCUT2D eigenvalue weighted by Crippen LogP contribution is 2.28. The van der Waals surface area contributed by atoms with E-state index in [1.807, 2.05) is 0 Å². The fourth-order valence-electron chi connectivity index (χ4n) is 0.852. The molecule has 0 unspecified atom stereocenters. The summed E-state index contributed by atoms with van der Waals surface area (Å²) < 4.78 is 0.642. The zero-order chi connectivity index (χ0) is 9.30. The molecule has 0 N–H and O–H groups in total. The van der Waals surface area contributed by atoms with Gasteiger partial charge in [0.15, 0.2) is 0 Å². The lowest BCUT2D eigenvalue weighted by Crippen LogP contribution is -1.91. The number of nitrogens with zero attached hydrogens (tertiary/aromatic N) is 1. The smallest absolute Gasteiger partial charge is 0.258 e. The van der Waals surface area contributed by atoms with E-state index in [1.54, 1.807) is 13.0 Å². The number of thiol groups is 1. The highest BCUT2D eigenvalue weighted by Gasteiger charge is 2.11. The van der Waals surface area contributed by atoms with Crippen LogP contribution in [0, 0.1) is 17.0 Å². The minimum atomic E-state index is -0.409. The molecule has 0 amide bonds. The number of hydrogen-bond acceptors (Lipinski definition) is 3. The Morgan fingerprint density at radius 1 is 1.58 bits per heavy atom. The zero-order valence-corrected chi connectivity index (χ0v) is 8.72. The molecule has 0 saturated heterocycles. The predicted octanol–water partition coefficient (Wildman–Crippen LogP) is 2.95. The largest absolute Gasteiger partial charge is 0.273 e. The topological polar surface area (TPSA) is 43.1 Å². The first kappa shape index (κ1) is 9.54. The molecule has 0 radical (unpaired) electrons. The summed E-state index contributed by atoms with van der Waals surface area (Å²) in [7, 11) is 0. The minimum Gasteiger partial charge on any atom is -0.258 e. The average Bonchev–Trinajstić information content (AvgIpc) is 1.96. The third-order valence-electron chi connectivity index (χ3n) is 1.46. The van der Waals surface area contributed by atoms with Gasteiger partial charge in [-0.3, -0.25) is 10.1 Å². The minimum absolute atomic E-state index is 0.111. The van der Waals surface area contributed by atoms with Gasteiger partial charge in [-0.1, -0.05) is 0 Å². The molecule has 5 heteroatoms. The summed E-state index contributed by atoms with van der Waals surface area (Å²) in [6.07, 6.45) is 0. The van der Waals surface area contributed by atoms with E-state index in [-0.39, 0.29) is 5.69 Å². The molecule has 0 spiro atoms. The summed E-state index contributed by atoms with van der Waals surface area (Å²) in [5, 5.41) is 10.4. The van der Waals surface area contributed by atoms with Gasteiger partial charge in [-0.15, -0.1) is 12.6 Å². The molecule has 1 aromatic rings. The summed E-state index contributed by atoms with van der Waals surface area (Å²) >= 11 is 7.28. The Bertz CT molecular complexity index is 340. The maximum Gasteiger partial charge on any atom is 0.273 e. The van der Waals surface area contributed by atoms with E-state index in [2.05, 4.69) is 28.6 Å². The number of rotatable bonds is 1. The molecular weight excluding hydrogens is 242 g/mol. The second-order valence-corrected chi connectivity index (χ2v) is 3.68. The Hall–Kier alpha value is -0.550. The maximum absolute atomic E-state index is 10.4. The van der Waals surface area contributed by atoms with E-state index in [9.17, 15) is 10.1 Å². The van der Waals surface area contributed by atoms with Gasteiger partial charge in [-0.2, -0.15) is 0 Å². The molecule has 0 saturated carbocycles. The molecule has 3 nitrogen and oxygen atoms in total. The summed E-state index contributed by atoms with van der Waals surface area (Å²) in [5.41, 5.74) is 0.730. The van der Waals surface area contributed by atoms with Gasteiger partial charge in [-0.05, 0) is 28.9 Å². The van der Waals surface area contributed by atoms with E-state index >= 15 is 0 Å². The third-order valence-corrected chi connectivity index (χ3v) is 2.79. The summed E-state index contributed by atoms with van der Waals surface area (Å²) in [5.74, 6) is 0. The summed E-state index contributed by atoms with van der Waals surface area (Å²) in [6, 6.07) is 3.11. The van der Waals surface area contributed by atoms with Crippen molar-refractivity contribution in [1.82, 2.24) is 0 Å². The molecule has 0 aliphatic carbocycles. The van der Waals surface area contributed by atoms with E-state index < -0.39 is 4.92 Å². The molecule has 1 aromatic carbocycles. The van der Waals surface area contributed by atoms with Gasteiger partial charge in [0, 0.05) is 21.0 Å². The lowest BCUT2D eigenvalue weighted by Gasteiger charge is -2.00. The van der Waals surface area contributed by atoms with Crippen LogP contribution in [0.5, 0.6) is 0 Å². The van der Waals surface area contributed by atoms with Crippen LogP contribution in [-0.2, 0) is 0 Å². The van der Waals surface area contributed by atoms with E-state index in [0.717, 1.165) is 0 Å². The van der Waals surface area contributed by atoms with Crippen LogP contribution in [0.15, 0.2) is 21.5 Å². The molecule has 0 heterocycles. The van der Waals surface area contributed by atoms with Gasteiger partial charge in [-0.25, -0.2) is 0 Å². The predicted molar refractivity (Wildman–Crippen MR) is 52.8 cm³/mol. The molecule has 1 rings (SSSR count). The van der Waals surface area contributed by atoms with Crippen LogP contribution in [-0.4, -0.2) is 4.92 Å². The van der Waals surface area contributed by atoms with Crippen molar-refractivity contribution < 1.29 is 4.92 Å². The van der Waals surface area contributed by atoms with Gasteiger partial charge in [0.2, 0.25) is 0 Å². The van der Waals surface area contributed by atoms with Crippen molar-refractivity contribution in [3.8, 4) is 0 Å². The Morgan fingerprint density at radius 2 is 2.17 bits per heavy atom. The first-order valence-electron chi connectivity index (χ1n) is 3.16. The summed E-state index contributed by atoms with van der Waals surface area (Å²) in [4.78, 5) is 10.7. The lowest BCUT2D eigenvalue weighted by molar-refractivity contribution is -0.385. The Balaban J connectivity index is 3.33. The van der Waals surface area contributed by atoms with E-state index in [1.165, 1.54) is 6.07 Å². The quantitative estimate of drug-likeness (QED) is 0.471. The van der Waals surface area contributed by atoms with Gasteiger partial charge < -0.3 is 0 Å². The van der Waals surface area contributed by atoms with Crippen LogP contribution < -0.4 is 0 Å². The number of nitro groups is 1. The van der Waals surface area contributed by atoms with Crippen LogP contribution in [0.2, 0.25) is 0 Å². The van der Waals surface area contributed by atoms with Crippen molar-refractivity contribution >= 4 is 34.2 Å². The molecule has 0 fully saturated rings. The van der Waals surface area contributed by atoms with Gasteiger partial charge in [0.25, 0.3) is 5.69 Å². The number of halogens is 1. The SMILES string of the molecule is Cc1cc(S)c(Br)cc1[N+](=O)[O-]. The molecule has 0 aliphatic rings. The second kappa shape index (κ2) is 3.45. The average molecular weight is 248 g/mol. The Labute approximate surface area is 83.5 Å². The first-order chi connectivity index (χ1) is 5.52. The molecule has 12 heavy (non-hydrogen) atoms. The highest BCUT2D eigenvalue weighted by atomic mass is 79.9. The summed E-state index contributed by atoms with van der Waals surface area (Å²) in [6.45, 7) is 1.68. The fraction of sp³-hybridized carbons (Fsp3) is 0.143. The normalized spacial score (nSPS) is 9.92. The van der Waals surface area contributed by atoms with Crippen molar-refractivity contribution in [2.75, 3.05) is 0 Å². The van der Waals surface area contributed by atoms with Gasteiger partial charge in [0.05, 0.1) is 4.92 Å². The molecule has 0 bridgehead atoms. The van der Waals surface area contributed by atoms with Crippen molar-refractivity contribution in [3.05, 3.63) is 32.3 Å². The lowest BCUT2D eigenvalue weighted by atomic mass is 10.2. The van der Waals surface area contributed by atoms with Crippen LogP contribution >= 0.6 is 28.6 Å². The molecule has 0 aliphatic heterocycles. The van der Waals surface area contributed by atoms with Crippen molar-refractivity contribution in [1.29, 1.82) is 0 Å². The van der Waals surface area contributed by atoms with Crippen LogP contribution in [0.25, 0.3) is 0 Å². The zero-order valence-electron chi connectivity index (χ0n) is 6.24. The Morgan fingerprint density at radius 3 is 2.67 bits per heavy atom. The van der Waals surface area contributed by atoms with E-state index in [0.29, 0.717) is 14.9 Å². The Kier molecular flexibility index (Phi) is 2.74. The van der Waals surface area contributed by atoms with Gasteiger partial charge >= 0.3 is 0 Å². The second-order valence-electron chi connectivity index (χ2n) is 2.35. The molecule has 0 atom stereocenters. The monoisotopic (exact) mass is 247 g/mol. The number of hydrogen-bond donors (Lipinski definition) is 1. The van der Waals surface area contributed by atoms with E-state index in [4.69, 9.17) is 0 Å². The van der Waals surface area contributed by atoms with Crippen LogP contribution in [0.3, 0.4) is 0 Å². The highest BCUT2D eigenvalue weighted by molar-refractivity contribution is 9.10. The fourth-order valence-corrected chi connectivity index (χ4v) is 1.44. The molecular formula is C7H6BrNO2S. The van der Waals surface area contributed by atoms with Gasteiger partial charge in [0.1, 0.15) is 0 Å². The molecule has 0 aromatic heterocycles. The van der Waals surface area contributed by atoms with Crippen LogP contribution in [0.4, 0.5) is 5.69 Å². The number of aryl methyl sites for hydroxylation is 1. The van der Waals surface area contributed by atoms with Crippen LogP contribution in [0.1, 0.15) is 5.56 Å². The standard InChI is InChI=1S/C7H6BrNO2S/c1-4-2-7(12)5(8)3-6(4)9(10)11/h2-3,12H,1H3. The van der Waals surface area contributed by atoms with Crippen molar-refractivity contribution in [3.63, 3.8) is 0 Å². The number of benzene rings is 1.